The smallest absolute Gasteiger partial charge is 0.290 e. The highest BCUT2D eigenvalue weighted by atomic mass is 16.5. The predicted octanol–water partition coefficient (Wildman–Crippen LogP) is 2.38. The molecule has 0 amide bonds. The van der Waals surface area contributed by atoms with E-state index < -0.39 is 0 Å². The van der Waals surface area contributed by atoms with Crippen LogP contribution in [-0.4, -0.2) is 68.7 Å². The second kappa shape index (κ2) is 9.49. The lowest BCUT2D eigenvalue weighted by Gasteiger charge is -2.30. The molecule has 4 rings (SSSR count). The second-order valence-electron chi connectivity index (χ2n) is 7.19. The summed E-state index contributed by atoms with van der Waals surface area (Å²) in [4.78, 5) is 15.4. The quantitative estimate of drug-likeness (QED) is 0.681. The number of carbonyl (C=O) groups is 1. The molecule has 8 heteroatoms. The maximum atomic E-state index is 8.36. The summed E-state index contributed by atoms with van der Waals surface area (Å²) in [6.07, 6.45) is 7.87. The van der Waals surface area contributed by atoms with E-state index in [0.29, 0.717) is 0 Å². The van der Waals surface area contributed by atoms with E-state index in [-0.39, 0.29) is 12.6 Å². The van der Waals surface area contributed by atoms with Crippen LogP contribution in [0, 0.1) is 13.8 Å². The molecule has 0 aliphatic carbocycles. The molecule has 1 aliphatic heterocycles. The third-order valence-electron chi connectivity index (χ3n) is 4.89. The van der Waals surface area contributed by atoms with Crippen LogP contribution in [0.4, 0.5) is 0 Å². The van der Waals surface area contributed by atoms with Crippen molar-refractivity contribution in [3.05, 3.63) is 54.1 Å². The molecule has 2 aromatic heterocycles. The van der Waals surface area contributed by atoms with E-state index >= 15 is 0 Å². The first-order valence-corrected chi connectivity index (χ1v) is 9.54. The molecular weight excluding hydrogens is 370 g/mol. The molecule has 1 N–H and O–H groups in total. The van der Waals surface area contributed by atoms with Gasteiger partial charge in [0.15, 0.2) is 0 Å². The van der Waals surface area contributed by atoms with Crippen LogP contribution in [0.2, 0.25) is 0 Å². The fraction of sp³-hybridized carbons (Fsp3) is 0.381. The van der Waals surface area contributed by atoms with Crippen molar-refractivity contribution >= 4 is 6.47 Å². The summed E-state index contributed by atoms with van der Waals surface area (Å²) in [5.41, 5.74) is 4.59. The highest BCUT2D eigenvalue weighted by Gasteiger charge is 2.21. The van der Waals surface area contributed by atoms with E-state index in [4.69, 9.17) is 14.6 Å². The average Bonchev–Trinajstić information content (AvgIpc) is 3.34. The van der Waals surface area contributed by atoms with Crippen molar-refractivity contribution in [3.8, 4) is 17.1 Å². The number of morpholine rings is 1. The van der Waals surface area contributed by atoms with Crippen molar-refractivity contribution in [2.75, 3.05) is 26.7 Å². The standard InChI is InChI=1S/C20H25N5O.CH2O2/c1-15-11-16(2)19(18(12-15)25-7-4-5-22-25)20-21-6-8-24(20)14-17-13-23(3)9-10-26-17;2-1-3/h4-8,11-12,17H,9-10,13-14H2,1-3H3;1H,(H,2,3). The van der Waals surface area contributed by atoms with Crippen LogP contribution in [0.5, 0.6) is 0 Å². The largest absolute Gasteiger partial charge is 0.483 e. The topological polar surface area (TPSA) is 85.4 Å². The van der Waals surface area contributed by atoms with Gasteiger partial charge in [-0.15, -0.1) is 0 Å². The van der Waals surface area contributed by atoms with Gasteiger partial charge in [-0.1, -0.05) is 6.07 Å². The molecule has 3 aromatic rings. The van der Waals surface area contributed by atoms with Crippen molar-refractivity contribution in [2.45, 2.75) is 26.5 Å². The Morgan fingerprint density at radius 3 is 2.76 bits per heavy atom. The molecule has 154 valence electrons. The lowest BCUT2D eigenvalue weighted by Crippen LogP contribution is -2.42. The van der Waals surface area contributed by atoms with Crippen LogP contribution in [0.1, 0.15) is 11.1 Å². The highest BCUT2D eigenvalue weighted by Crippen LogP contribution is 2.30. The van der Waals surface area contributed by atoms with Gasteiger partial charge in [0.2, 0.25) is 0 Å². The van der Waals surface area contributed by atoms with Crippen molar-refractivity contribution in [3.63, 3.8) is 0 Å². The lowest BCUT2D eigenvalue weighted by molar-refractivity contribution is -0.122. The minimum atomic E-state index is -0.250. The van der Waals surface area contributed by atoms with Gasteiger partial charge >= 0.3 is 0 Å². The van der Waals surface area contributed by atoms with Crippen molar-refractivity contribution in [1.29, 1.82) is 0 Å². The predicted molar refractivity (Wildman–Crippen MR) is 110 cm³/mol. The molecule has 0 radical (unpaired) electrons. The Morgan fingerprint density at radius 1 is 1.28 bits per heavy atom. The van der Waals surface area contributed by atoms with Crippen molar-refractivity contribution < 1.29 is 14.6 Å². The summed E-state index contributed by atoms with van der Waals surface area (Å²) in [6, 6.07) is 6.31. The zero-order valence-electron chi connectivity index (χ0n) is 17.0. The average molecular weight is 397 g/mol. The van der Waals surface area contributed by atoms with Crippen molar-refractivity contribution in [2.24, 2.45) is 0 Å². The molecule has 3 heterocycles. The van der Waals surface area contributed by atoms with E-state index in [2.05, 4.69) is 52.6 Å². The number of imidazole rings is 1. The van der Waals surface area contributed by atoms with E-state index in [9.17, 15) is 0 Å². The Morgan fingerprint density at radius 2 is 2.07 bits per heavy atom. The number of benzene rings is 1. The van der Waals surface area contributed by atoms with Crippen LogP contribution in [0.25, 0.3) is 17.1 Å². The summed E-state index contributed by atoms with van der Waals surface area (Å²) < 4.78 is 10.1. The van der Waals surface area contributed by atoms with Gasteiger partial charge in [-0.05, 0) is 44.2 Å². The number of carboxylic acid groups (broad SMARTS) is 1. The van der Waals surface area contributed by atoms with E-state index in [1.807, 2.05) is 29.3 Å². The van der Waals surface area contributed by atoms with Crippen LogP contribution in [0.3, 0.4) is 0 Å². The molecule has 8 nitrogen and oxygen atoms in total. The number of hydrogen-bond donors (Lipinski definition) is 1. The third-order valence-corrected chi connectivity index (χ3v) is 4.89. The molecule has 0 bridgehead atoms. The van der Waals surface area contributed by atoms with Crippen LogP contribution >= 0.6 is 0 Å². The molecule has 1 aromatic carbocycles. The summed E-state index contributed by atoms with van der Waals surface area (Å²) in [7, 11) is 2.14. The Kier molecular flexibility index (Phi) is 6.79. The number of likely N-dealkylation sites (N-methyl/N-ethyl adjacent to an activating group) is 1. The number of ether oxygens (including phenoxy) is 1. The SMILES string of the molecule is Cc1cc(C)c(-c2nccn2CC2CN(C)CCO2)c(-n2cccn2)c1.O=CO. The van der Waals surface area contributed by atoms with Gasteiger partial charge in [-0.3, -0.25) is 4.79 Å². The fourth-order valence-corrected chi connectivity index (χ4v) is 3.71. The van der Waals surface area contributed by atoms with E-state index in [1.54, 1.807) is 6.20 Å². The minimum absolute atomic E-state index is 0.181. The number of nitrogens with zero attached hydrogens (tertiary/aromatic N) is 5. The molecule has 1 atom stereocenters. The monoisotopic (exact) mass is 397 g/mol. The third kappa shape index (κ3) is 4.90. The first kappa shape index (κ1) is 20.8. The lowest BCUT2D eigenvalue weighted by atomic mass is 10.0. The number of aromatic nitrogens is 4. The molecule has 1 aliphatic rings. The first-order chi connectivity index (χ1) is 14.0. The Labute approximate surface area is 170 Å². The van der Waals surface area contributed by atoms with Gasteiger partial charge in [-0.25, -0.2) is 9.67 Å². The van der Waals surface area contributed by atoms with Gasteiger partial charge in [-0.2, -0.15) is 5.10 Å². The maximum absolute atomic E-state index is 8.36. The van der Waals surface area contributed by atoms with Crippen LogP contribution < -0.4 is 0 Å². The van der Waals surface area contributed by atoms with Gasteiger partial charge in [0, 0.05) is 43.4 Å². The number of aryl methyl sites for hydroxylation is 2. The molecule has 1 unspecified atom stereocenters. The number of hydrogen-bond acceptors (Lipinski definition) is 5. The molecule has 0 saturated carbocycles. The fourth-order valence-electron chi connectivity index (χ4n) is 3.71. The van der Waals surface area contributed by atoms with E-state index in [0.717, 1.165) is 43.3 Å². The van der Waals surface area contributed by atoms with Crippen LogP contribution in [-0.2, 0) is 16.1 Å². The zero-order chi connectivity index (χ0) is 20.8. The van der Waals surface area contributed by atoms with Crippen LogP contribution in [0.15, 0.2) is 43.0 Å². The van der Waals surface area contributed by atoms with Gasteiger partial charge < -0.3 is 19.3 Å². The molecule has 0 spiro atoms. The Balaban J connectivity index is 0.000000755. The highest BCUT2D eigenvalue weighted by molar-refractivity contribution is 5.72. The van der Waals surface area contributed by atoms with Gasteiger partial charge in [0.05, 0.1) is 24.9 Å². The summed E-state index contributed by atoms with van der Waals surface area (Å²) >= 11 is 0. The number of rotatable bonds is 4. The molecule has 1 saturated heterocycles. The normalized spacial score (nSPS) is 16.9. The maximum Gasteiger partial charge on any atom is 0.290 e. The summed E-state index contributed by atoms with van der Waals surface area (Å²) in [5, 5.41) is 11.3. The molecular formula is C21H27N5O3. The van der Waals surface area contributed by atoms with Gasteiger partial charge in [0.25, 0.3) is 6.47 Å². The Bertz CT molecular complexity index is 936. The first-order valence-electron chi connectivity index (χ1n) is 9.54. The van der Waals surface area contributed by atoms with Gasteiger partial charge in [0.1, 0.15) is 5.82 Å². The van der Waals surface area contributed by atoms with Crippen molar-refractivity contribution in [1.82, 2.24) is 24.2 Å². The van der Waals surface area contributed by atoms with E-state index in [1.165, 1.54) is 11.1 Å². The Hall–Kier alpha value is -2.97. The summed E-state index contributed by atoms with van der Waals surface area (Å²) in [6.45, 7) is 7.52. The second-order valence-corrected chi connectivity index (χ2v) is 7.19. The summed E-state index contributed by atoms with van der Waals surface area (Å²) in [5.74, 6) is 0.963. The zero-order valence-corrected chi connectivity index (χ0v) is 17.0. The molecule has 1 fully saturated rings. The molecule has 29 heavy (non-hydrogen) atoms. The minimum Gasteiger partial charge on any atom is -0.483 e.